The first-order chi connectivity index (χ1) is 7.59. The van der Waals surface area contributed by atoms with Crippen LogP contribution in [0.15, 0.2) is 39.4 Å². The molecule has 0 aliphatic rings. The zero-order chi connectivity index (χ0) is 11.7. The third-order valence-corrected chi connectivity index (χ3v) is 4.25. The summed E-state index contributed by atoms with van der Waals surface area (Å²) in [6, 6.07) is 6.44. The van der Waals surface area contributed by atoms with Gasteiger partial charge in [0.05, 0.1) is 11.3 Å². The fourth-order valence-electron chi connectivity index (χ4n) is 1.32. The summed E-state index contributed by atoms with van der Waals surface area (Å²) in [6.07, 6.45) is 1.54. The van der Waals surface area contributed by atoms with Gasteiger partial charge in [-0.2, -0.15) is 0 Å². The fraction of sp³-hybridized carbons (Fsp3) is 0.0909. The Balaban J connectivity index is 2.44. The van der Waals surface area contributed by atoms with E-state index in [0.29, 0.717) is 20.8 Å². The first kappa shape index (κ1) is 12.1. The van der Waals surface area contributed by atoms with E-state index in [-0.39, 0.29) is 10.6 Å². The number of hydrogen-bond donors (Lipinski definition) is 0. The van der Waals surface area contributed by atoms with E-state index in [1.807, 2.05) is 0 Å². The summed E-state index contributed by atoms with van der Waals surface area (Å²) in [5.41, 5.74) is 0.447. The van der Waals surface area contributed by atoms with Gasteiger partial charge in [-0.15, -0.1) is 0 Å². The van der Waals surface area contributed by atoms with Crippen molar-refractivity contribution in [2.75, 3.05) is 0 Å². The Hall–Kier alpha value is -0.320. The second-order valence-electron chi connectivity index (χ2n) is 3.17. The molecule has 0 N–H and O–H groups in total. The van der Waals surface area contributed by atoms with Crippen molar-refractivity contribution in [3.8, 4) is 0 Å². The van der Waals surface area contributed by atoms with Crippen LogP contribution in [0.5, 0.6) is 0 Å². The summed E-state index contributed by atoms with van der Waals surface area (Å²) in [6.45, 7) is 0. The van der Waals surface area contributed by atoms with Gasteiger partial charge in [0, 0.05) is 10.0 Å². The highest BCUT2D eigenvalue weighted by Gasteiger charge is 2.18. The van der Waals surface area contributed by atoms with Gasteiger partial charge in [0.1, 0.15) is 16.4 Å². The second-order valence-corrected chi connectivity index (χ2v) is 5.34. The number of furan rings is 1. The Bertz CT molecular complexity index is 499. The molecule has 16 heavy (non-hydrogen) atoms. The van der Waals surface area contributed by atoms with Crippen molar-refractivity contribution >= 4 is 43.5 Å². The number of hydrogen-bond acceptors (Lipinski definition) is 1. The van der Waals surface area contributed by atoms with Crippen LogP contribution in [0.3, 0.4) is 0 Å². The third-order valence-electron chi connectivity index (χ3n) is 2.11. The average molecular weight is 368 g/mol. The van der Waals surface area contributed by atoms with Crippen molar-refractivity contribution in [1.82, 2.24) is 0 Å². The quantitative estimate of drug-likeness (QED) is 0.517. The van der Waals surface area contributed by atoms with Crippen molar-refractivity contribution in [3.05, 3.63) is 57.2 Å². The minimum atomic E-state index is -0.340. The molecule has 0 saturated carbocycles. The number of benzene rings is 1. The zero-order valence-electron chi connectivity index (χ0n) is 7.88. The van der Waals surface area contributed by atoms with Gasteiger partial charge in [0.15, 0.2) is 0 Å². The van der Waals surface area contributed by atoms with E-state index in [9.17, 15) is 4.39 Å². The van der Waals surface area contributed by atoms with Gasteiger partial charge in [-0.1, -0.05) is 27.5 Å². The monoisotopic (exact) mass is 366 g/mol. The van der Waals surface area contributed by atoms with E-state index in [1.54, 1.807) is 24.5 Å². The fourth-order valence-corrected chi connectivity index (χ4v) is 2.42. The minimum Gasteiger partial charge on any atom is -0.468 e. The summed E-state index contributed by atoms with van der Waals surface area (Å²) in [4.78, 5) is -0.340. The molecular weight excluding hydrogens is 362 g/mol. The van der Waals surface area contributed by atoms with E-state index in [0.717, 1.165) is 0 Å². The van der Waals surface area contributed by atoms with Crippen LogP contribution < -0.4 is 0 Å². The van der Waals surface area contributed by atoms with Gasteiger partial charge in [0.2, 0.25) is 0 Å². The Morgan fingerprint density at radius 2 is 2.12 bits per heavy atom. The Morgan fingerprint density at radius 1 is 1.38 bits per heavy atom. The second kappa shape index (κ2) is 4.90. The lowest BCUT2D eigenvalue weighted by Crippen LogP contribution is -1.95. The lowest BCUT2D eigenvalue weighted by molar-refractivity contribution is 0.513. The molecule has 1 unspecified atom stereocenters. The highest BCUT2D eigenvalue weighted by Crippen LogP contribution is 2.36. The van der Waals surface area contributed by atoms with E-state index < -0.39 is 0 Å². The molecule has 0 aliphatic heterocycles. The molecule has 0 radical (unpaired) electrons. The van der Waals surface area contributed by atoms with Gasteiger partial charge in [-0.05, 0) is 40.2 Å². The summed E-state index contributed by atoms with van der Waals surface area (Å²) in [5.74, 6) is 0.298. The lowest BCUT2D eigenvalue weighted by atomic mass is 10.1. The molecule has 1 aromatic carbocycles. The molecule has 2 aromatic rings. The molecule has 0 fully saturated rings. The van der Waals surface area contributed by atoms with Crippen LogP contribution in [0.1, 0.15) is 16.2 Å². The van der Waals surface area contributed by atoms with Crippen LogP contribution in [0, 0.1) is 5.82 Å². The Labute approximate surface area is 114 Å². The van der Waals surface area contributed by atoms with Crippen LogP contribution in [0.2, 0.25) is 5.02 Å². The SMILES string of the molecule is Fc1cc(Br)c(Cl)cc1C(Br)c1ccco1. The van der Waals surface area contributed by atoms with E-state index in [1.165, 1.54) is 6.07 Å². The summed E-state index contributed by atoms with van der Waals surface area (Å²) >= 11 is 12.5. The Morgan fingerprint density at radius 3 is 2.75 bits per heavy atom. The highest BCUT2D eigenvalue weighted by atomic mass is 79.9. The van der Waals surface area contributed by atoms with Crippen molar-refractivity contribution in [2.24, 2.45) is 0 Å². The van der Waals surface area contributed by atoms with Crippen molar-refractivity contribution in [2.45, 2.75) is 4.83 Å². The lowest BCUT2D eigenvalue weighted by Gasteiger charge is -2.10. The molecular formula is C11H6Br2ClFO. The summed E-state index contributed by atoms with van der Waals surface area (Å²) in [7, 11) is 0. The van der Waals surface area contributed by atoms with Crippen molar-refractivity contribution in [3.63, 3.8) is 0 Å². The van der Waals surface area contributed by atoms with E-state index in [2.05, 4.69) is 31.9 Å². The topological polar surface area (TPSA) is 13.1 Å². The highest BCUT2D eigenvalue weighted by molar-refractivity contribution is 9.10. The van der Waals surface area contributed by atoms with Crippen LogP contribution >= 0.6 is 43.5 Å². The van der Waals surface area contributed by atoms with Crippen LogP contribution in [-0.2, 0) is 0 Å². The van der Waals surface area contributed by atoms with Crippen LogP contribution in [0.4, 0.5) is 4.39 Å². The third kappa shape index (κ3) is 2.34. The molecule has 1 heterocycles. The van der Waals surface area contributed by atoms with Crippen LogP contribution in [0.25, 0.3) is 0 Å². The molecule has 0 saturated heterocycles. The smallest absolute Gasteiger partial charge is 0.129 e. The van der Waals surface area contributed by atoms with Crippen molar-refractivity contribution < 1.29 is 8.81 Å². The zero-order valence-corrected chi connectivity index (χ0v) is 11.8. The molecule has 0 amide bonds. The van der Waals surface area contributed by atoms with Gasteiger partial charge in [0.25, 0.3) is 0 Å². The maximum Gasteiger partial charge on any atom is 0.129 e. The summed E-state index contributed by atoms with van der Waals surface area (Å²) in [5, 5.41) is 0.465. The van der Waals surface area contributed by atoms with Crippen molar-refractivity contribution in [1.29, 1.82) is 0 Å². The maximum absolute atomic E-state index is 13.7. The number of rotatable bonds is 2. The maximum atomic E-state index is 13.7. The minimum absolute atomic E-state index is 0.338. The van der Waals surface area contributed by atoms with Gasteiger partial charge >= 0.3 is 0 Å². The molecule has 2 rings (SSSR count). The number of halogens is 4. The molecule has 1 nitrogen and oxygen atoms in total. The largest absolute Gasteiger partial charge is 0.468 e. The molecule has 84 valence electrons. The Kier molecular flexibility index (Phi) is 3.72. The standard InChI is InChI=1S/C11H6Br2ClFO/c12-7-5-9(15)6(4-8(7)14)11(13)10-2-1-3-16-10/h1-5,11H. The number of alkyl halides is 1. The van der Waals surface area contributed by atoms with Gasteiger partial charge in [-0.3, -0.25) is 0 Å². The van der Waals surface area contributed by atoms with E-state index in [4.69, 9.17) is 16.0 Å². The normalized spacial score (nSPS) is 12.8. The van der Waals surface area contributed by atoms with E-state index >= 15 is 0 Å². The van der Waals surface area contributed by atoms with Gasteiger partial charge < -0.3 is 4.42 Å². The average Bonchev–Trinajstić information content (AvgIpc) is 2.75. The first-order valence-electron chi connectivity index (χ1n) is 4.41. The summed E-state index contributed by atoms with van der Waals surface area (Å²) < 4.78 is 19.5. The predicted octanol–water partition coefficient (Wildman–Crippen LogP) is 5.32. The van der Waals surface area contributed by atoms with Crippen LogP contribution in [-0.4, -0.2) is 0 Å². The molecule has 0 spiro atoms. The predicted molar refractivity (Wildman–Crippen MR) is 68.6 cm³/mol. The molecule has 5 heteroatoms. The first-order valence-corrected chi connectivity index (χ1v) is 6.50. The molecule has 1 atom stereocenters. The van der Waals surface area contributed by atoms with Gasteiger partial charge in [-0.25, -0.2) is 4.39 Å². The molecule has 0 bridgehead atoms. The molecule has 0 aliphatic carbocycles. The molecule has 1 aromatic heterocycles.